The van der Waals surface area contributed by atoms with E-state index < -0.39 is 24.3 Å². The highest BCUT2D eigenvalue weighted by molar-refractivity contribution is 5.70. The van der Waals surface area contributed by atoms with Crippen molar-refractivity contribution in [3.63, 3.8) is 0 Å². The molecule has 0 aliphatic rings. The molecule has 9 nitrogen and oxygen atoms in total. The number of hydrogen-bond acceptors (Lipinski definition) is 8. The van der Waals surface area contributed by atoms with Crippen LogP contribution in [-0.4, -0.2) is 82.3 Å². The van der Waals surface area contributed by atoms with E-state index >= 15 is 0 Å². The van der Waals surface area contributed by atoms with E-state index in [1.54, 1.807) is 0 Å². The first-order valence-electron chi connectivity index (χ1n) is 38.7. The molecule has 91 heavy (non-hydrogen) atoms. The highest BCUT2D eigenvalue weighted by Gasteiger charge is 2.22. The summed E-state index contributed by atoms with van der Waals surface area (Å²) in [5.41, 5.74) is 0. The third-order valence-corrected chi connectivity index (χ3v) is 17.1. The van der Waals surface area contributed by atoms with Gasteiger partial charge in [0.05, 0.1) is 40.3 Å². The Morgan fingerprint density at radius 1 is 0.341 bits per heavy atom. The van der Waals surface area contributed by atoms with Gasteiger partial charge in [0.15, 0.2) is 12.4 Å². The number of aliphatic carboxylic acids is 1. The van der Waals surface area contributed by atoms with Gasteiger partial charge in [0.2, 0.25) is 0 Å². The monoisotopic (exact) mass is 1270 g/mol. The lowest BCUT2D eigenvalue weighted by atomic mass is 10.0. The zero-order valence-corrected chi connectivity index (χ0v) is 60.5. The molecule has 0 rings (SSSR count). The van der Waals surface area contributed by atoms with E-state index in [4.69, 9.17) is 18.9 Å². The topological polar surface area (TPSA) is 111 Å². The van der Waals surface area contributed by atoms with E-state index in [1.807, 2.05) is 21.1 Å². The summed E-state index contributed by atoms with van der Waals surface area (Å²) in [6, 6.07) is 0. The molecule has 528 valence electrons. The number of ether oxygens (including phenoxy) is 4. The number of allylic oxidation sites excluding steroid dienone is 14. The van der Waals surface area contributed by atoms with E-state index in [0.717, 1.165) is 70.6 Å². The quantitative estimate of drug-likeness (QED) is 0.0195. The second-order valence-electron chi connectivity index (χ2n) is 27.3. The molecule has 0 aliphatic carbocycles. The van der Waals surface area contributed by atoms with Crippen LogP contribution < -0.4 is 5.11 Å². The molecule has 0 saturated carbocycles. The lowest BCUT2D eigenvalue weighted by molar-refractivity contribution is -0.870. The average Bonchev–Trinajstić information content (AvgIpc) is 3.46. The van der Waals surface area contributed by atoms with Crippen molar-refractivity contribution in [2.24, 2.45) is 0 Å². The summed E-state index contributed by atoms with van der Waals surface area (Å²) in [4.78, 5) is 37.6. The molecule has 2 unspecified atom stereocenters. The highest BCUT2D eigenvalue weighted by atomic mass is 16.7. The first-order valence-corrected chi connectivity index (χ1v) is 38.7. The number of unbranched alkanes of at least 4 members (excludes halogenated alkanes) is 43. The van der Waals surface area contributed by atoms with E-state index in [-0.39, 0.29) is 32.2 Å². The first kappa shape index (κ1) is 87.5. The Labute approximate surface area is 563 Å². The smallest absolute Gasteiger partial charge is 0.306 e. The van der Waals surface area contributed by atoms with Crippen LogP contribution in [0.2, 0.25) is 0 Å². The van der Waals surface area contributed by atoms with Gasteiger partial charge < -0.3 is 33.3 Å². The maximum Gasteiger partial charge on any atom is 0.306 e. The van der Waals surface area contributed by atoms with Crippen LogP contribution in [0.4, 0.5) is 0 Å². The standard InChI is InChI=1S/C82H147NO8/c1-6-8-10-12-14-16-18-20-22-24-26-28-30-32-34-35-36-37-38-39-40-41-42-43-44-45-47-49-51-53-55-57-59-61-63-65-67-69-71-73-80(85)91-78(77-90-82(81(86)87)88-75-74-83(3,4)5)76-89-79(84)72-70-68-66-64-62-60-58-56-54-52-50-48-46-33-31-29-27-25-23-21-19-17-15-13-11-9-7-2/h8,10,14,16,19-22,25-28,32,34,78,82H,6-7,9,11-13,15,17-18,23-24,29-31,33,35-77H2,1-5H3/b10-8-,16-14-,21-19-,22-20-,27-25-,28-26-,34-32-. The average molecular weight is 1280 g/mol. The minimum absolute atomic E-state index is 0.148. The van der Waals surface area contributed by atoms with Crippen LogP contribution in [0.15, 0.2) is 85.1 Å². The number of quaternary nitrogens is 1. The molecule has 0 aromatic carbocycles. The zero-order valence-electron chi connectivity index (χ0n) is 60.5. The summed E-state index contributed by atoms with van der Waals surface area (Å²) < 4.78 is 22.9. The van der Waals surface area contributed by atoms with Gasteiger partial charge in [0.1, 0.15) is 13.2 Å². The molecule has 2 atom stereocenters. The Morgan fingerprint density at radius 3 is 0.934 bits per heavy atom. The number of nitrogens with zero attached hydrogens (tertiary/aromatic N) is 1. The number of carbonyl (C=O) groups excluding carboxylic acids is 3. The molecular weight excluding hydrogens is 1130 g/mol. The molecule has 0 saturated heterocycles. The third-order valence-electron chi connectivity index (χ3n) is 17.1. The van der Waals surface area contributed by atoms with Gasteiger partial charge in [0, 0.05) is 12.8 Å². The number of likely N-dealkylation sites (N-methyl/N-ethyl adjacent to an activating group) is 1. The van der Waals surface area contributed by atoms with Crippen LogP contribution in [0.1, 0.15) is 361 Å². The van der Waals surface area contributed by atoms with Crippen molar-refractivity contribution in [2.45, 2.75) is 373 Å². The highest BCUT2D eigenvalue weighted by Crippen LogP contribution is 2.19. The van der Waals surface area contributed by atoms with Gasteiger partial charge in [-0.1, -0.05) is 343 Å². The molecule has 0 aromatic heterocycles. The van der Waals surface area contributed by atoms with Gasteiger partial charge in [-0.2, -0.15) is 0 Å². The lowest BCUT2D eigenvalue weighted by Gasteiger charge is -2.26. The number of carboxylic acids is 1. The SMILES string of the molecule is CC/C=C\C/C=C\C/C=C\C/C=C\C/C=C\CCCCCCCCCCCCCCCCCCCCCCCCCC(=O)OC(COC(=O)CCCCCCCCCCCCCCCCC/C=C\C/C=C\CCCCCCC)COC(OCC[N+](C)(C)C)C(=O)[O-]. The second kappa shape index (κ2) is 72.3. The van der Waals surface area contributed by atoms with Crippen LogP contribution in [-0.2, 0) is 33.3 Å². The molecule has 0 aliphatic heterocycles. The Kier molecular flexibility index (Phi) is 69.5. The summed E-state index contributed by atoms with van der Waals surface area (Å²) in [5, 5.41) is 11.8. The van der Waals surface area contributed by atoms with Crippen LogP contribution in [0.25, 0.3) is 0 Å². The number of esters is 2. The van der Waals surface area contributed by atoms with Crippen LogP contribution >= 0.6 is 0 Å². The lowest BCUT2D eigenvalue weighted by Crippen LogP contribution is -2.44. The van der Waals surface area contributed by atoms with E-state index in [1.165, 1.54) is 257 Å². The normalized spacial score (nSPS) is 13.1. The van der Waals surface area contributed by atoms with Gasteiger partial charge in [-0.05, 0) is 89.9 Å². The molecule has 0 heterocycles. The summed E-state index contributed by atoms with van der Waals surface area (Å²) in [7, 11) is 5.94. The molecule has 0 aromatic rings. The summed E-state index contributed by atoms with van der Waals surface area (Å²) >= 11 is 0. The minimum atomic E-state index is -1.62. The van der Waals surface area contributed by atoms with Crippen LogP contribution in [0, 0.1) is 0 Å². The Hall–Kier alpha value is -3.53. The first-order chi connectivity index (χ1) is 44.6. The van der Waals surface area contributed by atoms with Gasteiger partial charge in [-0.3, -0.25) is 9.59 Å². The Morgan fingerprint density at radius 2 is 0.626 bits per heavy atom. The third kappa shape index (κ3) is 73.7. The van der Waals surface area contributed by atoms with E-state index in [0.29, 0.717) is 23.9 Å². The van der Waals surface area contributed by atoms with Crippen molar-refractivity contribution >= 4 is 17.9 Å². The van der Waals surface area contributed by atoms with E-state index in [2.05, 4.69) is 98.9 Å². The molecular formula is C82H147NO8. The summed E-state index contributed by atoms with van der Waals surface area (Å²) in [6.45, 7) is 4.68. The van der Waals surface area contributed by atoms with Crippen molar-refractivity contribution in [3.8, 4) is 0 Å². The largest absolute Gasteiger partial charge is 0.545 e. The van der Waals surface area contributed by atoms with Crippen molar-refractivity contribution in [2.75, 3.05) is 47.5 Å². The van der Waals surface area contributed by atoms with Crippen molar-refractivity contribution in [1.82, 2.24) is 0 Å². The number of rotatable bonds is 72. The summed E-state index contributed by atoms with van der Waals surface area (Å²) in [5.74, 6) is -2.26. The van der Waals surface area contributed by atoms with Gasteiger partial charge in [0.25, 0.3) is 0 Å². The second-order valence-corrected chi connectivity index (χ2v) is 27.3. The van der Waals surface area contributed by atoms with Gasteiger partial charge in [-0.15, -0.1) is 0 Å². The van der Waals surface area contributed by atoms with Crippen molar-refractivity contribution in [3.05, 3.63) is 85.1 Å². The molecule has 0 N–H and O–H groups in total. The fraction of sp³-hybridized carbons (Fsp3) is 0.793. The molecule has 0 amide bonds. The molecule has 0 radical (unpaired) electrons. The van der Waals surface area contributed by atoms with E-state index in [9.17, 15) is 19.5 Å². The maximum absolute atomic E-state index is 13.0. The van der Waals surface area contributed by atoms with Crippen molar-refractivity contribution < 1.29 is 42.9 Å². The molecule has 0 spiro atoms. The fourth-order valence-corrected chi connectivity index (χ4v) is 11.2. The summed E-state index contributed by atoms with van der Waals surface area (Å²) in [6.07, 6.45) is 95.5. The zero-order chi connectivity index (χ0) is 66.1. The predicted octanol–water partition coefficient (Wildman–Crippen LogP) is 23.3. The fourth-order valence-electron chi connectivity index (χ4n) is 11.2. The minimum Gasteiger partial charge on any atom is -0.545 e. The predicted molar refractivity (Wildman–Crippen MR) is 389 cm³/mol. The molecule has 0 fully saturated rings. The van der Waals surface area contributed by atoms with Crippen molar-refractivity contribution in [1.29, 1.82) is 0 Å². The number of carbonyl (C=O) groups is 3. The number of carboxylic acid groups (broad SMARTS) is 1. The van der Waals surface area contributed by atoms with Gasteiger partial charge in [-0.25, -0.2) is 0 Å². The van der Waals surface area contributed by atoms with Crippen LogP contribution in [0.3, 0.4) is 0 Å². The number of hydrogen-bond donors (Lipinski definition) is 0. The maximum atomic E-state index is 13.0. The van der Waals surface area contributed by atoms with Crippen LogP contribution in [0.5, 0.6) is 0 Å². The van der Waals surface area contributed by atoms with Gasteiger partial charge >= 0.3 is 11.9 Å². The Bertz CT molecular complexity index is 1770. The molecule has 0 bridgehead atoms. The Balaban J connectivity index is 3.99. The molecule has 9 heteroatoms.